The summed E-state index contributed by atoms with van der Waals surface area (Å²) in [6.07, 6.45) is 1.37. The first-order chi connectivity index (χ1) is 11.8. The van der Waals surface area contributed by atoms with Gasteiger partial charge in [-0.15, -0.1) is 0 Å². The van der Waals surface area contributed by atoms with Gasteiger partial charge < -0.3 is 15.2 Å². The normalized spacial score (nSPS) is 23.3. The van der Waals surface area contributed by atoms with Crippen LogP contribution in [0.5, 0.6) is 0 Å². The quantitative estimate of drug-likeness (QED) is 0.834. The predicted octanol–water partition coefficient (Wildman–Crippen LogP) is 3.61. The third-order valence-electron chi connectivity index (χ3n) is 4.14. The third kappa shape index (κ3) is 6.36. The molecular formula is C19H27NO4S. The Labute approximate surface area is 153 Å². The number of aliphatic hydroxyl groups excluding tert-OH is 1. The molecule has 1 aliphatic carbocycles. The minimum Gasteiger partial charge on any atom is -0.444 e. The van der Waals surface area contributed by atoms with Crippen molar-refractivity contribution in [2.75, 3.05) is 6.54 Å². The Bertz CT molecular complexity index is 585. The number of carbonyl (C=O) groups is 2. The number of thioether (sulfide) groups is 1. The standard InChI is InChI=1S/C19H27NO4S/c1-19(2,3)24-18(23)20-12-11-13-9-10-15(16(13)21)25-17(22)14-7-5-4-6-8-14/h4-8,13,15-16,21H,9-12H2,1-3H3,(H,20,23)/t13-,15+,16+/m1/s1. The Morgan fingerprint density at radius 2 is 1.92 bits per heavy atom. The van der Waals surface area contributed by atoms with Crippen molar-refractivity contribution in [3.05, 3.63) is 35.9 Å². The summed E-state index contributed by atoms with van der Waals surface area (Å²) in [5.41, 5.74) is 0.144. The van der Waals surface area contributed by atoms with Crippen molar-refractivity contribution in [2.45, 2.75) is 57.0 Å². The summed E-state index contributed by atoms with van der Waals surface area (Å²) in [5, 5.41) is 13.1. The molecule has 2 N–H and O–H groups in total. The van der Waals surface area contributed by atoms with E-state index in [4.69, 9.17) is 4.74 Å². The molecule has 0 spiro atoms. The van der Waals surface area contributed by atoms with Crippen LogP contribution in [0.4, 0.5) is 4.79 Å². The number of hydrogen-bond acceptors (Lipinski definition) is 5. The van der Waals surface area contributed by atoms with Crippen molar-refractivity contribution in [1.82, 2.24) is 5.32 Å². The summed E-state index contributed by atoms with van der Waals surface area (Å²) in [5.74, 6) is 0.0935. The molecule has 0 unspecified atom stereocenters. The lowest BCUT2D eigenvalue weighted by Gasteiger charge is -2.21. The topological polar surface area (TPSA) is 75.6 Å². The Morgan fingerprint density at radius 1 is 1.24 bits per heavy atom. The molecule has 0 radical (unpaired) electrons. The van der Waals surface area contributed by atoms with Gasteiger partial charge in [-0.25, -0.2) is 4.79 Å². The van der Waals surface area contributed by atoms with Crippen molar-refractivity contribution >= 4 is 23.0 Å². The summed E-state index contributed by atoms with van der Waals surface area (Å²) in [7, 11) is 0. The van der Waals surface area contributed by atoms with Crippen molar-refractivity contribution in [3.63, 3.8) is 0 Å². The van der Waals surface area contributed by atoms with Crippen LogP contribution >= 0.6 is 11.8 Å². The van der Waals surface area contributed by atoms with Crippen LogP contribution in [0.25, 0.3) is 0 Å². The van der Waals surface area contributed by atoms with E-state index in [2.05, 4.69) is 5.32 Å². The molecule has 138 valence electrons. The van der Waals surface area contributed by atoms with Crippen molar-refractivity contribution in [2.24, 2.45) is 5.92 Å². The maximum Gasteiger partial charge on any atom is 0.407 e. The molecule has 3 atom stereocenters. The molecule has 1 aromatic rings. The van der Waals surface area contributed by atoms with Crippen LogP contribution in [0, 0.1) is 5.92 Å². The lowest BCUT2D eigenvalue weighted by atomic mass is 10.0. The molecule has 0 heterocycles. The van der Waals surface area contributed by atoms with Gasteiger partial charge in [0.15, 0.2) is 0 Å². The summed E-state index contributed by atoms with van der Waals surface area (Å²) in [6.45, 7) is 5.91. The highest BCUT2D eigenvalue weighted by Gasteiger charge is 2.36. The van der Waals surface area contributed by atoms with Gasteiger partial charge in [-0.2, -0.15) is 0 Å². The summed E-state index contributed by atoms with van der Waals surface area (Å²) >= 11 is 1.22. The zero-order valence-electron chi connectivity index (χ0n) is 15.0. The van der Waals surface area contributed by atoms with Crippen LogP contribution in [0.3, 0.4) is 0 Å². The van der Waals surface area contributed by atoms with Gasteiger partial charge in [-0.1, -0.05) is 42.1 Å². The fraction of sp³-hybridized carbons (Fsp3) is 0.579. The van der Waals surface area contributed by atoms with Crippen LogP contribution in [0.15, 0.2) is 30.3 Å². The lowest BCUT2D eigenvalue weighted by Crippen LogP contribution is -2.34. The van der Waals surface area contributed by atoms with Crippen molar-refractivity contribution < 1.29 is 19.4 Å². The molecule has 25 heavy (non-hydrogen) atoms. The molecule has 0 saturated heterocycles. The van der Waals surface area contributed by atoms with Gasteiger partial charge >= 0.3 is 6.09 Å². The van der Waals surface area contributed by atoms with Crippen LogP contribution in [0.1, 0.15) is 50.4 Å². The van der Waals surface area contributed by atoms with Crippen LogP contribution in [0.2, 0.25) is 0 Å². The molecule has 2 rings (SSSR count). The van der Waals surface area contributed by atoms with Crippen LogP contribution < -0.4 is 5.32 Å². The highest BCUT2D eigenvalue weighted by Crippen LogP contribution is 2.37. The molecule has 0 bridgehead atoms. The van der Waals surface area contributed by atoms with Gasteiger partial charge in [-0.3, -0.25) is 4.79 Å². The zero-order valence-corrected chi connectivity index (χ0v) is 15.8. The maximum atomic E-state index is 12.3. The SMILES string of the molecule is CC(C)(C)OC(=O)NCC[C@H]1CC[C@H](SC(=O)c2ccccc2)[C@H]1O. The van der Waals surface area contributed by atoms with E-state index in [0.717, 1.165) is 12.8 Å². The largest absolute Gasteiger partial charge is 0.444 e. The Hall–Kier alpha value is -1.53. The van der Waals surface area contributed by atoms with E-state index in [1.165, 1.54) is 11.8 Å². The van der Waals surface area contributed by atoms with Gasteiger partial charge in [-0.05, 0) is 46.0 Å². The van der Waals surface area contributed by atoms with Gasteiger partial charge in [0.1, 0.15) is 5.60 Å². The number of ether oxygens (including phenoxy) is 1. The Balaban J connectivity index is 1.75. The minimum atomic E-state index is -0.530. The molecule has 5 nitrogen and oxygen atoms in total. The summed E-state index contributed by atoms with van der Waals surface area (Å²) in [6, 6.07) is 9.13. The second kappa shape index (κ2) is 8.72. The Morgan fingerprint density at radius 3 is 2.56 bits per heavy atom. The molecule has 6 heteroatoms. The van der Waals surface area contributed by atoms with Crippen LogP contribution in [-0.4, -0.2) is 39.8 Å². The molecule has 1 fully saturated rings. The monoisotopic (exact) mass is 365 g/mol. The van der Waals surface area contributed by atoms with Crippen molar-refractivity contribution in [3.8, 4) is 0 Å². The van der Waals surface area contributed by atoms with E-state index >= 15 is 0 Å². The highest BCUT2D eigenvalue weighted by molar-refractivity contribution is 8.14. The first-order valence-electron chi connectivity index (χ1n) is 8.67. The summed E-state index contributed by atoms with van der Waals surface area (Å²) < 4.78 is 5.19. The molecular weight excluding hydrogens is 338 g/mol. The van der Waals surface area contributed by atoms with E-state index in [9.17, 15) is 14.7 Å². The van der Waals surface area contributed by atoms with E-state index in [0.29, 0.717) is 18.5 Å². The van der Waals surface area contributed by atoms with Crippen molar-refractivity contribution in [1.29, 1.82) is 0 Å². The number of alkyl carbamates (subject to hydrolysis) is 1. The van der Waals surface area contributed by atoms with Gasteiger partial charge in [0.2, 0.25) is 5.12 Å². The fourth-order valence-corrected chi connectivity index (χ4v) is 4.08. The molecule has 1 aromatic carbocycles. The van der Waals surface area contributed by atoms with E-state index < -0.39 is 17.8 Å². The van der Waals surface area contributed by atoms with Gasteiger partial charge in [0.05, 0.1) is 6.10 Å². The highest BCUT2D eigenvalue weighted by atomic mass is 32.2. The maximum absolute atomic E-state index is 12.3. The van der Waals surface area contributed by atoms with Gasteiger partial charge in [0, 0.05) is 17.4 Å². The lowest BCUT2D eigenvalue weighted by molar-refractivity contribution is 0.0518. The number of benzene rings is 1. The first kappa shape index (κ1) is 19.8. The molecule has 0 aliphatic heterocycles. The van der Waals surface area contributed by atoms with E-state index in [1.807, 2.05) is 39.0 Å². The average molecular weight is 365 g/mol. The number of rotatable bonds is 5. The Kier molecular flexibility index (Phi) is 6.90. The van der Waals surface area contributed by atoms with Gasteiger partial charge in [0.25, 0.3) is 0 Å². The molecule has 1 aliphatic rings. The smallest absolute Gasteiger partial charge is 0.407 e. The number of nitrogens with one attached hydrogen (secondary N) is 1. The third-order valence-corrected chi connectivity index (χ3v) is 5.40. The average Bonchev–Trinajstić information content (AvgIpc) is 2.87. The number of aliphatic hydroxyl groups is 1. The number of carbonyl (C=O) groups excluding carboxylic acids is 2. The zero-order chi connectivity index (χ0) is 18.4. The summed E-state index contributed by atoms with van der Waals surface area (Å²) in [4.78, 5) is 23.9. The molecule has 1 amide bonds. The first-order valence-corrected chi connectivity index (χ1v) is 9.55. The molecule has 0 aromatic heterocycles. The van der Waals surface area contributed by atoms with E-state index in [-0.39, 0.29) is 16.3 Å². The number of amides is 1. The minimum absolute atomic E-state index is 0.00261. The van der Waals surface area contributed by atoms with Crippen LogP contribution in [-0.2, 0) is 4.74 Å². The second-order valence-corrected chi connectivity index (χ2v) is 8.57. The fourth-order valence-electron chi connectivity index (χ4n) is 2.92. The molecule has 1 saturated carbocycles. The second-order valence-electron chi connectivity index (χ2n) is 7.36. The predicted molar refractivity (Wildman–Crippen MR) is 99.7 cm³/mol. The number of hydrogen-bond donors (Lipinski definition) is 2. The van der Waals surface area contributed by atoms with E-state index in [1.54, 1.807) is 12.1 Å².